The Hall–Kier alpha value is -3.72. The van der Waals surface area contributed by atoms with Crippen LogP contribution in [0.4, 0.5) is 14.5 Å². The summed E-state index contributed by atoms with van der Waals surface area (Å²) in [5.41, 5.74) is 0.808. The fourth-order valence-electron chi connectivity index (χ4n) is 4.68. The van der Waals surface area contributed by atoms with Crippen LogP contribution in [0.25, 0.3) is 0 Å². The van der Waals surface area contributed by atoms with Gasteiger partial charge in [0.25, 0.3) is 0 Å². The molecule has 16 heteroatoms. The van der Waals surface area contributed by atoms with Gasteiger partial charge < -0.3 is 28.7 Å². The van der Waals surface area contributed by atoms with Gasteiger partial charge in [-0.15, -0.1) is 0 Å². The van der Waals surface area contributed by atoms with Crippen LogP contribution in [0.2, 0.25) is 10.0 Å². The number of anilines is 1. The SMILES string of the molecule is CC(C)(C)OC(=O)CN(c1ccc(CCC(=O)OC(Cc2c(Cl)c[n+]([O-])cc2Cl)c2ccc(OC(F)F)c(OCC3CC3)c2)cc1)S(=O)[O-]. The van der Waals surface area contributed by atoms with E-state index in [-0.39, 0.29) is 46.5 Å². The minimum Gasteiger partial charge on any atom is -0.755 e. The Balaban J connectivity index is 1.50. The molecule has 11 nitrogen and oxygen atoms in total. The summed E-state index contributed by atoms with van der Waals surface area (Å²) in [6.07, 6.45) is 3.15. The van der Waals surface area contributed by atoms with Gasteiger partial charge in [0.15, 0.2) is 23.9 Å². The molecular weight excluding hydrogens is 709 g/mol. The Bertz CT molecular complexity index is 1630. The number of halogens is 4. The molecule has 0 aliphatic heterocycles. The van der Waals surface area contributed by atoms with Crippen molar-refractivity contribution in [3.05, 3.63) is 86.8 Å². The highest BCUT2D eigenvalue weighted by atomic mass is 35.5. The van der Waals surface area contributed by atoms with E-state index in [0.29, 0.717) is 33.9 Å². The molecule has 2 aromatic carbocycles. The van der Waals surface area contributed by atoms with Crippen molar-refractivity contribution in [2.75, 3.05) is 17.5 Å². The number of benzene rings is 2. The Morgan fingerprint density at radius 2 is 1.69 bits per heavy atom. The Kier molecular flexibility index (Phi) is 13.1. The number of esters is 2. The average Bonchev–Trinajstić information content (AvgIpc) is 3.83. The number of aromatic nitrogens is 1. The molecule has 3 aromatic rings. The van der Waals surface area contributed by atoms with Crippen LogP contribution in [-0.4, -0.2) is 46.1 Å². The topological polar surface area (TPSA) is 141 Å². The van der Waals surface area contributed by atoms with Crippen LogP contribution in [0.5, 0.6) is 11.5 Å². The van der Waals surface area contributed by atoms with E-state index >= 15 is 0 Å². The first-order valence-electron chi connectivity index (χ1n) is 15.2. The van der Waals surface area contributed by atoms with E-state index < -0.39 is 48.1 Å². The third-order valence-corrected chi connectivity index (χ3v) is 8.51. The highest BCUT2D eigenvalue weighted by Crippen LogP contribution is 2.38. The van der Waals surface area contributed by atoms with Gasteiger partial charge in [-0.05, 0) is 81.3 Å². The number of nitrogens with zero attached hydrogens (tertiary/aromatic N) is 2. The van der Waals surface area contributed by atoms with Gasteiger partial charge in [0.2, 0.25) is 0 Å². The molecule has 0 N–H and O–H groups in total. The fourth-order valence-corrected chi connectivity index (χ4v) is 5.78. The number of aryl methyl sites for hydroxylation is 1. The van der Waals surface area contributed by atoms with E-state index in [2.05, 4.69) is 4.74 Å². The zero-order valence-corrected chi connectivity index (χ0v) is 29.2. The zero-order chi connectivity index (χ0) is 35.9. The minimum atomic E-state index is -3.09. The molecule has 1 aromatic heterocycles. The molecule has 1 aliphatic carbocycles. The largest absolute Gasteiger partial charge is 0.755 e. The predicted molar refractivity (Wildman–Crippen MR) is 176 cm³/mol. The molecule has 0 saturated heterocycles. The van der Waals surface area contributed by atoms with E-state index in [1.165, 1.54) is 30.3 Å². The summed E-state index contributed by atoms with van der Waals surface area (Å²) in [7, 11) is 0. The maximum absolute atomic E-state index is 13.2. The highest BCUT2D eigenvalue weighted by Gasteiger charge is 2.27. The summed E-state index contributed by atoms with van der Waals surface area (Å²) in [5, 5.41) is 11.9. The van der Waals surface area contributed by atoms with Crippen molar-refractivity contribution >= 4 is 52.1 Å². The van der Waals surface area contributed by atoms with Gasteiger partial charge in [-0.3, -0.25) is 18.1 Å². The first-order valence-corrected chi connectivity index (χ1v) is 17.0. The number of ether oxygens (including phenoxy) is 4. The standard InChI is InChI=1S/C33H36Cl2F2N2O9S/c1-33(2,3)48-31(41)18-39(49(43)44)23-10-6-20(7-11-23)8-13-30(40)46-28(15-24-25(34)16-38(42)17-26(24)35)22-9-12-27(47-32(36)37)29(14-22)45-19-21-4-5-21/h6-7,9-12,14,16-17,21,28,32H,4-5,8,13,15,18-19H2,1-3H3,(H,43,44)/p-1. The second-order valence-electron chi connectivity index (χ2n) is 12.3. The van der Waals surface area contributed by atoms with E-state index in [4.69, 9.17) is 37.4 Å². The number of hydrogen-bond donors (Lipinski definition) is 0. The van der Waals surface area contributed by atoms with Crippen LogP contribution in [0, 0.1) is 11.1 Å². The summed E-state index contributed by atoms with van der Waals surface area (Å²) >= 11 is 9.88. The van der Waals surface area contributed by atoms with Crippen molar-refractivity contribution in [1.82, 2.24) is 0 Å². The van der Waals surface area contributed by atoms with E-state index in [0.717, 1.165) is 29.5 Å². The van der Waals surface area contributed by atoms with Crippen molar-refractivity contribution in [2.45, 2.75) is 71.2 Å². The lowest BCUT2D eigenvalue weighted by molar-refractivity contribution is -0.605. The molecule has 1 heterocycles. The second-order valence-corrected chi connectivity index (χ2v) is 14.0. The van der Waals surface area contributed by atoms with Crippen LogP contribution in [0.15, 0.2) is 54.9 Å². The molecule has 0 spiro atoms. The zero-order valence-electron chi connectivity index (χ0n) is 26.9. The van der Waals surface area contributed by atoms with Crippen LogP contribution in [0.1, 0.15) is 62.8 Å². The van der Waals surface area contributed by atoms with Gasteiger partial charge in [0.1, 0.15) is 28.3 Å². The van der Waals surface area contributed by atoms with Crippen molar-refractivity contribution < 1.29 is 50.8 Å². The van der Waals surface area contributed by atoms with Gasteiger partial charge in [-0.1, -0.05) is 41.4 Å². The number of alkyl halides is 2. The molecule has 4 rings (SSSR count). The van der Waals surface area contributed by atoms with Crippen molar-refractivity contribution in [1.29, 1.82) is 0 Å². The van der Waals surface area contributed by atoms with Gasteiger partial charge in [-0.25, -0.2) is 0 Å². The number of carbonyl (C=O) groups excluding carboxylic acids is 2. The Morgan fingerprint density at radius 1 is 1.04 bits per heavy atom. The molecule has 2 atom stereocenters. The Labute approximate surface area is 295 Å². The summed E-state index contributed by atoms with van der Waals surface area (Å²) in [6.45, 7) is 1.70. The molecule has 2 unspecified atom stereocenters. The lowest BCUT2D eigenvalue weighted by Gasteiger charge is -2.27. The van der Waals surface area contributed by atoms with E-state index in [9.17, 15) is 32.3 Å². The van der Waals surface area contributed by atoms with Crippen LogP contribution < -0.4 is 18.5 Å². The second kappa shape index (κ2) is 16.8. The molecule has 49 heavy (non-hydrogen) atoms. The molecule has 1 aliphatic rings. The van der Waals surface area contributed by atoms with Crippen LogP contribution >= 0.6 is 23.2 Å². The lowest BCUT2D eigenvalue weighted by Crippen LogP contribution is -2.36. The highest BCUT2D eigenvalue weighted by molar-refractivity contribution is 7.80. The van der Waals surface area contributed by atoms with Gasteiger partial charge in [-0.2, -0.15) is 13.5 Å². The van der Waals surface area contributed by atoms with Crippen molar-refractivity contribution in [3.63, 3.8) is 0 Å². The molecule has 266 valence electrons. The number of hydrogen-bond acceptors (Lipinski definition) is 9. The molecule has 0 amide bonds. The quantitative estimate of drug-likeness (QED) is 0.0704. The summed E-state index contributed by atoms with van der Waals surface area (Å²) in [4.78, 5) is 25.4. The van der Waals surface area contributed by atoms with Crippen molar-refractivity contribution in [2.24, 2.45) is 5.92 Å². The van der Waals surface area contributed by atoms with Crippen molar-refractivity contribution in [3.8, 4) is 11.5 Å². The van der Waals surface area contributed by atoms with E-state index in [1.54, 1.807) is 32.9 Å². The summed E-state index contributed by atoms with van der Waals surface area (Å²) in [6, 6.07) is 10.4. The fraction of sp³-hybridized carbons (Fsp3) is 0.424. The molecule has 1 saturated carbocycles. The van der Waals surface area contributed by atoms with Gasteiger partial charge in [0, 0.05) is 35.4 Å². The first-order chi connectivity index (χ1) is 23.1. The first kappa shape index (κ1) is 38.1. The third-order valence-electron chi connectivity index (χ3n) is 7.16. The molecular formula is C33H35Cl2F2N2O9S-. The van der Waals surface area contributed by atoms with Gasteiger partial charge in [0.05, 0.1) is 6.61 Å². The number of pyridine rings is 1. The van der Waals surface area contributed by atoms with E-state index in [1.807, 2.05) is 0 Å². The summed E-state index contributed by atoms with van der Waals surface area (Å²) in [5.74, 6) is -1.17. The van der Waals surface area contributed by atoms with Crippen LogP contribution in [-0.2, 0) is 43.2 Å². The third kappa shape index (κ3) is 12.0. The Morgan fingerprint density at radius 3 is 2.27 bits per heavy atom. The predicted octanol–water partition coefficient (Wildman–Crippen LogP) is 6.42. The number of carbonyl (C=O) groups is 2. The number of rotatable bonds is 16. The lowest BCUT2D eigenvalue weighted by atomic mass is 10.0. The molecule has 0 bridgehead atoms. The minimum absolute atomic E-state index is 0.0335. The normalized spacial score (nSPS) is 14.2. The summed E-state index contributed by atoms with van der Waals surface area (Å²) < 4.78 is 72.7. The molecule has 1 fully saturated rings. The smallest absolute Gasteiger partial charge is 0.387 e. The maximum atomic E-state index is 13.2. The van der Waals surface area contributed by atoms with Crippen LogP contribution in [0.3, 0.4) is 0 Å². The maximum Gasteiger partial charge on any atom is 0.387 e. The monoisotopic (exact) mass is 743 g/mol. The van der Waals surface area contributed by atoms with Gasteiger partial charge >= 0.3 is 18.6 Å². The molecule has 0 radical (unpaired) electrons. The average molecular weight is 745 g/mol.